The minimum absolute atomic E-state index is 0.323. The number of nitrogens with zero attached hydrogens (tertiary/aromatic N) is 2. The predicted molar refractivity (Wildman–Crippen MR) is 99.9 cm³/mol. The molecule has 0 amide bonds. The molecule has 0 saturated carbocycles. The summed E-state index contributed by atoms with van der Waals surface area (Å²) in [5.74, 6) is -0.382. The van der Waals surface area contributed by atoms with Crippen LogP contribution in [0.5, 0.6) is 0 Å². The quantitative estimate of drug-likeness (QED) is 0.768. The Morgan fingerprint density at radius 1 is 1.00 bits per heavy atom. The van der Waals surface area contributed by atoms with E-state index in [0.29, 0.717) is 36.6 Å². The van der Waals surface area contributed by atoms with Gasteiger partial charge < -0.3 is 9.64 Å². The molecule has 7 heteroatoms. The van der Waals surface area contributed by atoms with Crippen molar-refractivity contribution >= 4 is 21.7 Å². The van der Waals surface area contributed by atoms with Crippen molar-refractivity contribution in [1.82, 2.24) is 4.31 Å². The Morgan fingerprint density at radius 3 is 2.27 bits per heavy atom. The summed E-state index contributed by atoms with van der Waals surface area (Å²) in [6.45, 7) is 3.86. The minimum Gasteiger partial charge on any atom is -0.465 e. The highest BCUT2D eigenvalue weighted by Crippen LogP contribution is 2.22. The third-order valence-electron chi connectivity index (χ3n) is 4.53. The van der Waals surface area contributed by atoms with Gasteiger partial charge in [-0.25, -0.2) is 13.2 Å². The average molecular weight is 374 g/mol. The molecule has 2 aromatic rings. The van der Waals surface area contributed by atoms with E-state index in [1.54, 1.807) is 42.5 Å². The smallest absolute Gasteiger partial charge is 0.337 e. The fourth-order valence-corrected chi connectivity index (χ4v) is 4.42. The standard InChI is InChI=1S/C19H22N2O4S/c1-15-6-8-18(9-7-15)26(23,24)21-12-10-20(11-13-21)17-5-3-4-16(14-17)19(22)25-2/h3-9,14H,10-13H2,1-2H3. The highest BCUT2D eigenvalue weighted by atomic mass is 32.2. The van der Waals surface area contributed by atoms with E-state index in [2.05, 4.69) is 4.90 Å². The monoisotopic (exact) mass is 374 g/mol. The number of hydrogen-bond acceptors (Lipinski definition) is 5. The van der Waals surface area contributed by atoms with E-state index in [-0.39, 0.29) is 5.97 Å². The summed E-state index contributed by atoms with van der Waals surface area (Å²) in [7, 11) is -2.13. The van der Waals surface area contributed by atoms with Crippen molar-refractivity contribution in [3.63, 3.8) is 0 Å². The highest BCUT2D eigenvalue weighted by Gasteiger charge is 2.28. The lowest BCUT2D eigenvalue weighted by atomic mass is 10.2. The number of piperazine rings is 1. The average Bonchev–Trinajstić information content (AvgIpc) is 2.68. The van der Waals surface area contributed by atoms with E-state index in [1.807, 2.05) is 13.0 Å². The van der Waals surface area contributed by atoms with Crippen LogP contribution in [0.3, 0.4) is 0 Å². The molecule has 0 aromatic heterocycles. The first-order chi connectivity index (χ1) is 12.4. The van der Waals surface area contributed by atoms with Crippen LogP contribution in [0.2, 0.25) is 0 Å². The van der Waals surface area contributed by atoms with Gasteiger partial charge in [-0.3, -0.25) is 0 Å². The van der Waals surface area contributed by atoms with Gasteiger partial charge in [0.1, 0.15) is 0 Å². The van der Waals surface area contributed by atoms with Crippen LogP contribution < -0.4 is 4.90 Å². The zero-order valence-corrected chi connectivity index (χ0v) is 15.7. The summed E-state index contributed by atoms with van der Waals surface area (Å²) in [5.41, 5.74) is 2.40. The molecule has 0 N–H and O–H groups in total. The molecule has 0 spiro atoms. The lowest BCUT2D eigenvalue weighted by Crippen LogP contribution is -2.48. The molecule has 2 aromatic carbocycles. The Morgan fingerprint density at radius 2 is 1.65 bits per heavy atom. The number of methoxy groups -OCH3 is 1. The van der Waals surface area contributed by atoms with Crippen molar-refractivity contribution in [3.8, 4) is 0 Å². The first kappa shape index (κ1) is 18.4. The minimum atomic E-state index is -3.48. The molecule has 138 valence electrons. The Kier molecular flexibility index (Phi) is 5.29. The number of carbonyl (C=O) groups excluding carboxylic acids is 1. The van der Waals surface area contributed by atoms with Crippen LogP contribution in [0.1, 0.15) is 15.9 Å². The van der Waals surface area contributed by atoms with Gasteiger partial charge in [0, 0.05) is 31.9 Å². The largest absolute Gasteiger partial charge is 0.465 e. The SMILES string of the molecule is COC(=O)c1cccc(N2CCN(S(=O)(=O)c3ccc(C)cc3)CC2)c1. The predicted octanol–water partition coefficient (Wildman–Crippen LogP) is 2.29. The van der Waals surface area contributed by atoms with Crippen molar-refractivity contribution in [2.75, 3.05) is 38.2 Å². The lowest BCUT2D eigenvalue weighted by molar-refractivity contribution is 0.0600. The molecule has 0 unspecified atom stereocenters. The van der Waals surface area contributed by atoms with E-state index < -0.39 is 10.0 Å². The molecule has 1 heterocycles. The van der Waals surface area contributed by atoms with Crippen LogP contribution in [-0.2, 0) is 14.8 Å². The van der Waals surface area contributed by atoms with Crippen molar-refractivity contribution in [2.45, 2.75) is 11.8 Å². The number of rotatable bonds is 4. The molecule has 0 radical (unpaired) electrons. The second-order valence-corrected chi connectivity index (χ2v) is 8.18. The maximum absolute atomic E-state index is 12.8. The third-order valence-corrected chi connectivity index (χ3v) is 6.44. The molecule has 0 bridgehead atoms. The van der Waals surface area contributed by atoms with E-state index in [9.17, 15) is 13.2 Å². The van der Waals surface area contributed by atoms with Crippen LogP contribution in [0, 0.1) is 6.92 Å². The number of ether oxygens (including phenoxy) is 1. The van der Waals surface area contributed by atoms with Crippen LogP contribution in [0.25, 0.3) is 0 Å². The molecular weight excluding hydrogens is 352 g/mol. The number of carbonyl (C=O) groups is 1. The van der Waals surface area contributed by atoms with Gasteiger partial charge in [0.15, 0.2) is 0 Å². The number of sulfonamides is 1. The third kappa shape index (κ3) is 3.73. The summed E-state index contributed by atoms with van der Waals surface area (Å²) in [6.07, 6.45) is 0. The van der Waals surface area contributed by atoms with Crippen LogP contribution in [0.15, 0.2) is 53.4 Å². The van der Waals surface area contributed by atoms with Gasteiger partial charge in [-0.2, -0.15) is 4.31 Å². The summed E-state index contributed by atoms with van der Waals surface area (Å²) in [5, 5.41) is 0. The van der Waals surface area contributed by atoms with Crippen molar-refractivity contribution in [2.24, 2.45) is 0 Å². The van der Waals surface area contributed by atoms with Gasteiger partial charge in [0.05, 0.1) is 17.6 Å². The second kappa shape index (κ2) is 7.47. The van der Waals surface area contributed by atoms with Gasteiger partial charge in [-0.1, -0.05) is 23.8 Å². The Hall–Kier alpha value is -2.38. The Bertz CT molecular complexity index is 886. The molecule has 1 aliphatic rings. The van der Waals surface area contributed by atoms with Crippen LogP contribution in [-0.4, -0.2) is 52.0 Å². The van der Waals surface area contributed by atoms with Gasteiger partial charge in [-0.05, 0) is 37.3 Å². The van der Waals surface area contributed by atoms with Crippen LogP contribution >= 0.6 is 0 Å². The van der Waals surface area contributed by atoms with E-state index in [0.717, 1.165) is 11.3 Å². The van der Waals surface area contributed by atoms with E-state index in [1.165, 1.54) is 11.4 Å². The molecule has 26 heavy (non-hydrogen) atoms. The molecule has 1 saturated heterocycles. The molecule has 0 atom stereocenters. The van der Waals surface area contributed by atoms with E-state index >= 15 is 0 Å². The molecule has 1 aliphatic heterocycles. The molecule has 1 fully saturated rings. The second-order valence-electron chi connectivity index (χ2n) is 6.25. The zero-order valence-electron chi connectivity index (χ0n) is 14.9. The number of esters is 1. The van der Waals surface area contributed by atoms with Gasteiger partial charge in [-0.15, -0.1) is 0 Å². The van der Waals surface area contributed by atoms with E-state index in [4.69, 9.17) is 4.74 Å². The molecule has 0 aliphatic carbocycles. The Balaban J connectivity index is 1.71. The fraction of sp³-hybridized carbons (Fsp3) is 0.316. The first-order valence-electron chi connectivity index (χ1n) is 8.42. The number of aryl methyl sites for hydroxylation is 1. The summed E-state index contributed by atoms with van der Waals surface area (Å²) < 4.78 is 31.8. The summed E-state index contributed by atoms with van der Waals surface area (Å²) in [6, 6.07) is 14.1. The maximum atomic E-state index is 12.8. The number of hydrogen-bond donors (Lipinski definition) is 0. The van der Waals surface area contributed by atoms with Gasteiger partial charge in [0.25, 0.3) is 0 Å². The number of benzene rings is 2. The summed E-state index contributed by atoms with van der Waals surface area (Å²) >= 11 is 0. The van der Waals surface area contributed by atoms with Crippen molar-refractivity contribution in [3.05, 3.63) is 59.7 Å². The van der Waals surface area contributed by atoms with Gasteiger partial charge in [0.2, 0.25) is 10.0 Å². The molecular formula is C19H22N2O4S. The lowest BCUT2D eigenvalue weighted by Gasteiger charge is -2.35. The Labute approximate surface area is 154 Å². The van der Waals surface area contributed by atoms with Crippen molar-refractivity contribution in [1.29, 1.82) is 0 Å². The maximum Gasteiger partial charge on any atom is 0.337 e. The topological polar surface area (TPSA) is 66.9 Å². The van der Waals surface area contributed by atoms with Crippen LogP contribution in [0.4, 0.5) is 5.69 Å². The first-order valence-corrected chi connectivity index (χ1v) is 9.86. The number of anilines is 1. The molecule has 3 rings (SSSR count). The molecule has 6 nitrogen and oxygen atoms in total. The summed E-state index contributed by atoms with van der Waals surface area (Å²) in [4.78, 5) is 14.1. The van der Waals surface area contributed by atoms with Crippen molar-refractivity contribution < 1.29 is 17.9 Å². The van der Waals surface area contributed by atoms with Gasteiger partial charge >= 0.3 is 5.97 Å². The zero-order chi connectivity index (χ0) is 18.7. The fourth-order valence-electron chi connectivity index (χ4n) is 2.99. The normalized spacial score (nSPS) is 15.7. The highest BCUT2D eigenvalue weighted by molar-refractivity contribution is 7.89.